The van der Waals surface area contributed by atoms with Gasteiger partial charge < -0.3 is 4.90 Å². The van der Waals surface area contributed by atoms with Crippen LogP contribution >= 0.6 is 0 Å². The van der Waals surface area contributed by atoms with Crippen LogP contribution in [-0.2, 0) is 6.54 Å². The number of aryl methyl sites for hydroxylation is 1. The number of hydrogen-bond acceptors (Lipinski definition) is 4. The minimum absolute atomic E-state index is 0.608. The van der Waals surface area contributed by atoms with Gasteiger partial charge >= 0.3 is 0 Å². The van der Waals surface area contributed by atoms with Gasteiger partial charge in [0.2, 0.25) is 5.95 Å². The van der Waals surface area contributed by atoms with Crippen LogP contribution in [0.4, 0.5) is 5.95 Å². The van der Waals surface area contributed by atoms with Crippen LogP contribution in [0.25, 0.3) is 0 Å². The third kappa shape index (κ3) is 2.42. The van der Waals surface area contributed by atoms with Crippen molar-refractivity contribution < 1.29 is 0 Å². The number of hydrogen-bond donors (Lipinski definition) is 0. The predicted molar refractivity (Wildman–Crippen MR) is 75.1 cm³/mol. The predicted octanol–water partition coefficient (Wildman–Crippen LogP) is 2.24. The first-order valence-corrected chi connectivity index (χ1v) is 6.28. The smallest absolute Gasteiger partial charge is 0.225 e. The van der Waals surface area contributed by atoms with E-state index in [9.17, 15) is 0 Å². The largest absolute Gasteiger partial charge is 0.340 e. The SMILES string of the molecule is C=C.C=NCc1cnc(N2CC3CC3C2)nc1C. The molecule has 2 unspecified atom stereocenters. The Morgan fingerprint density at radius 2 is 2.06 bits per heavy atom. The Morgan fingerprint density at radius 3 is 2.61 bits per heavy atom. The number of nitrogens with zero attached hydrogens (tertiary/aromatic N) is 4. The number of aliphatic imine (C=N–C) groups is 1. The van der Waals surface area contributed by atoms with Crippen LogP contribution in [0.15, 0.2) is 24.3 Å². The molecule has 18 heavy (non-hydrogen) atoms. The van der Waals surface area contributed by atoms with Crippen LogP contribution in [0, 0.1) is 18.8 Å². The van der Waals surface area contributed by atoms with Crippen LogP contribution in [-0.4, -0.2) is 29.8 Å². The normalized spacial score (nSPS) is 23.9. The van der Waals surface area contributed by atoms with Crippen molar-refractivity contribution in [3.05, 3.63) is 30.6 Å². The molecule has 0 spiro atoms. The van der Waals surface area contributed by atoms with E-state index in [0.717, 1.165) is 42.1 Å². The highest BCUT2D eigenvalue weighted by molar-refractivity contribution is 5.37. The highest BCUT2D eigenvalue weighted by Gasteiger charge is 2.45. The van der Waals surface area contributed by atoms with E-state index in [1.807, 2.05) is 13.1 Å². The molecular weight excluding hydrogens is 224 g/mol. The van der Waals surface area contributed by atoms with Gasteiger partial charge in [0.05, 0.1) is 6.54 Å². The first kappa shape index (κ1) is 12.7. The molecule has 2 aliphatic rings. The van der Waals surface area contributed by atoms with Crippen molar-refractivity contribution in [3.8, 4) is 0 Å². The summed E-state index contributed by atoms with van der Waals surface area (Å²) in [5, 5.41) is 0. The van der Waals surface area contributed by atoms with Gasteiger partial charge in [0, 0.05) is 30.5 Å². The second-order valence-corrected chi connectivity index (χ2v) is 4.82. The summed E-state index contributed by atoms with van der Waals surface area (Å²) >= 11 is 0. The molecule has 2 atom stereocenters. The van der Waals surface area contributed by atoms with Crippen molar-refractivity contribution in [3.63, 3.8) is 0 Å². The van der Waals surface area contributed by atoms with Gasteiger partial charge in [-0.1, -0.05) is 0 Å². The number of anilines is 1. The van der Waals surface area contributed by atoms with Crippen molar-refractivity contribution in [2.24, 2.45) is 16.8 Å². The standard InChI is InChI=1S/C12H16N4.C2H4/c1-8-11(4-13-2)5-14-12(15-8)16-6-9-3-10(9)7-16;1-2/h5,9-10H,2-4,6-7H2,1H3;1-2H2. The number of fused-ring (bicyclic) bond motifs is 1. The second-order valence-electron chi connectivity index (χ2n) is 4.82. The second kappa shape index (κ2) is 5.29. The average molecular weight is 244 g/mol. The first-order chi connectivity index (χ1) is 8.78. The Bertz CT molecular complexity index is 433. The fraction of sp³-hybridized carbons (Fsp3) is 0.500. The van der Waals surface area contributed by atoms with E-state index in [2.05, 4.69) is 39.7 Å². The van der Waals surface area contributed by atoms with Crippen molar-refractivity contribution in [2.45, 2.75) is 19.9 Å². The summed E-state index contributed by atoms with van der Waals surface area (Å²) in [5.74, 6) is 2.72. The molecule has 1 aromatic heterocycles. The molecule has 0 radical (unpaired) electrons. The quantitative estimate of drug-likeness (QED) is 0.605. The Hall–Kier alpha value is -1.71. The molecule has 1 aromatic rings. The Kier molecular flexibility index (Phi) is 3.75. The lowest BCUT2D eigenvalue weighted by atomic mass is 10.2. The third-order valence-electron chi connectivity index (χ3n) is 3.61. The molecule has 4 heteroatoms. The van der Waals surface area contributed by atoms with E-state index in [1.54, 1.807) is 0 Å². The monoisotopic (exact) mass is 244 g/mol. The Balaban J connectivity index is 0.000000574. The van der Waals surface area contributed by atoms with Gasteiger partial charge in [0.15, 0.2) is 0 Å². The molecule has 1 saturated heterocycles. The van der Waals surface area contributed by atoms with Gasteiger partial charge in [-0.05, 0) is 31.9 Å². The van der Waals surface area contributed by atoms with Gasteiger partial charge in [-0.3, -0.25) is 4.99 Å². The Morgan fingerprint density at radius 1 is 1.39 bits per heavy atom. The molecule has 0 amide bonds. The topological polar surface area (TPSA) is 41.4 Å². The lowest BCUT2D eigenvalue weighted by Gasteiger charge is -2.18. The van der Waals surface area contributed by atoms with Crippen molar-refractivity contribution in [2.75, 3.05) is 18.0 Å². The zero-order valence-electron chi connectivity index (χ0n) is 11.0. The van der Waals surface area contributed by atoms with Gasteiger partial charge in [0.1, 0.15) is 0 Å². The van der Waals surface area contributed by atoms with Crippen LogP contribution < -0.4 is 4.90 Å². The van der Waals surface area contributed by atoms with Crippen molar-refractivity contribution in [1.82, 2.24) is 9.97 Å². The van der Waals surface area contributed by atoms with Gasteiger partial charge in [-0.2, -0.15) is 0 Å². The number of aromatic nitrogens is 2. The number of rotatable bonds is 3. The van der Waals surface area contributed by atoms with Crippen LogP contribution in [0.3, 0.4) is 0 Å². The highest BCUT2D eigenvalue weighted by atomic mass is 15.3. The van der Waals surface area contributed by atoms with Crippen molar-refractivity contribution in [1.29, 1.82) is 0 Å². The van der Waals surface area contributed by atoms with Gasteiger partial charge in [-0.25, -0.2) is 9.97 Å². The fourth-order valence-electron chi connectivity index (χ4n) is 2.47. The summed E-state index contributed by atoms with van der Waals surface area (Å²) < 4.78 is 0. The summed E-state index contributed by atoms with van der Waals surface area (Å²) in [5.41, 5.74) is 2.10. The summed E-state index contributed by atoms with van der Waals surface area (Å²) in [6.45, 7) is 14.4. The van der Waals surface area contributed by atoms with E-state index in [4.69, 9.17) is 0 Å². The zero-order chi connectivity index (χ0) is 13.1. The van der Waals surface area contributed by atoms with Gasteiger partial charge in [-0.15, -0.1) is 13.2 Å². The molecule has 96 valence electrons. The van der Waals surface area contributed by atoms with Crippen LogP contribution in [0.5, 0.6) is 0 Å². The zero-order valence-corrected chi connectivity index (χ0v) is 11.0. The molecule has 0 aromatic carbocycles. The highest BCUT2D eigenvalue weighted by Crippen LogP contribution is 2.45. The van der Waals surface area contributed by atoms with E-state index < -0.39 is 0 Å². The fourth-order valence-corrected chi connectivity index (χ4v) is 2.47. The Labute approximate surface area is 108 Å². The lowest BCUT2D eigenvalue weighted by molar-refractivity contribution is 0.779. The molecule has 2 heterocycles. The summed E-state index contributed by atoms with van der Waals surface area (Å²) in [4.78, 5) is 15.1. The molecule has 1 saturated carbocycles. The molecular formula is C14H20N4. The maximum atomic E-state index is 4.56. The van der Waals surface area contributed by atoms with E-state index in [0.29, 0.717) is 6.54 Å². The molecule has 4 nitrogen and oxygen atoms in total. The van der Waals surface area contributed by atoms with Crippen molar-refractivity contribution >= 4 is 12.7 Å². The summed E-state index contributed by atoms with van der Waals surface area (Å²) in [6.07, 6.45) is 3.30. The first-order valence-electron chi connectivity index (χ1n) is 6.28. The molecule has 1 aliphatic carbocycles. The van der Waals surface area contributed by atoms with E-state index in [1.165, 1.54) is 6.42 Å². The maximum absolute atomic E-state index is 4.56. The van der Waals surface area contributed by atoms with Crippen LogP contribution in [0.1, 0.15) is 17.7 Å². The molecule has 3 rings (SSSR count). The summed E-state index contributed by atoms with van der Waals surface area (Å²) in [7, 11) is 0. The van der Waals surface area contributed by atoms with Crippen LogP contribution in [0.2, 0.25) is 0 Å². The minimum atomic E-state index is 0.608. The number of piperidine rings is 1. The molecule has 0 N–H and O–H groups in total. The summed E-state index contributed by atoms with van der Waals surface area (Å²) in [6, 6.07) is 0. The maximum Gasteiger partial charge on any atom is 0.225 e. The van der Waals surface area contributed by atoms with E-state index in [-0.39, 0.29) is 0 Å². The molecule has 0 bridgehead atoms. The lowest BCUT2D eigenvalue weighted by Crippen LogP contribution is -2.24. The van der Waals surface area contributed by atoms with E-state index >= 15 is 0 Å². The molecule has 1 aliphatic heterocycles. The molecule has 2 fully saturated rings. The minimum Gasteiger partial charge on any atom is -0.340 e. The van der Waals surface area contributed by atoms with Gasteiger partial charge in [0.25, 0.3) is 0 Å². The third-order valence-corrected chi connectivity index (χ3v) is 3.61. The average Bonchev–Trinajstić information content (AvgIpc) is 3.01.